The van der Waals surface area contributed by atoms with Gasteiger partial charge in [-0.1, -0.05) is 23.2 Å². The fourth-order valence-electron chi connectivity index (χ4n) is 2.02. The van der Waals surface area contributed by atoms with E-state index in [2.05, 4.69) is 25.6 Å². The number of hydrogen-bond acceptors (Lipinski definition) is 5. The van der Waals surface area contributed by atoms with Crippen LogP contribution in [-0.4, -0.2) is 22.0 Å². The zero-order valence-corrected chi connectivity index (χ0v) is 13.7. The average molecular weight is 346 g/mol. The van der Waals surface area contributed by atoms with E-state index >= 15 is 0 Å². The molecule has 0 aliphatic heterocycles. The Bertz CT molecular complexity index is 824. The Hall–Kier alpha value is -2.37. The summed E-state index contributed by atoms with van der Waals surface area (Å²) in [5.41, 5.74) is 2.53. The maximum atomic E-state index is 6.04. The number of anilines is 3. The predicted molar refractivity (Wildman–Crippen MR) is 94.6 cm³/mol. The molecule has 0 atom stereocenters. The topological polar surface area (TPSA) is 62.7 Å². The summed E-state index contributed by atoms with van der Waals surface area (Å²) in [6, 6.07) is 11.0. The number of aromatic nitrogens is 3. The second kappa shape index (κ2) is 6.81. The lowest BCUT2D eigenvalue weighted by Crippen LogP contribution is -2.02. The van der Waals surface area contributed by atoms with E-state index in [-0.39, 0.29) is 0 Å². The molecule has 1 aromatic carbocycles. The van der Waals surface area contributed by atoms with Crippen molar-refractivity contribution < 1.29 is 0 Å². The minimum absolute atomic E-state index is 0.480. The Labute approximate surface area is 143 Å². The minimum atomic E-state index is 0.480. The highest BCUT2D eigenvalue weighted by Crippen LogP contribution is 2.28. The van der Waals surface area contributed by atoms with Crippen molar-refractivity contribution in [2.45, 2.75) is 0 Å². The van der Waals surface area contributed by atoms with Gasteiger partial charge >= 0.3 is 0 Å². The first-order chi connectivity index (χ1) is 11.2. The van der Waals surface area contributed by atoms with E-state index in [1.807, 2.05) is 24.3 Å². The van der Waals surface area contributed by atoms with Gasteiger partial charge in [0.25, 0.3) is 0 Å². The molecule has 3 aromatic rings. The van der Waals surface area contributed by atoms with E-state index in [0.29, 0.717) is 21.8 Å². The molecule has 2 N–H and O–H groups in total. The van der Waals surface area contributed by atoms with Gasteiger partial charge in [-0.3, -0.25) is 4.98 Å². The first kappa shape index (κ1) is 15.5. The maximum Gasteiger partial charge on any atom is 0.224 e. The van der Waals surface area contributed by atoms with Crippen LogP contribution in [0.15, 0.2) is 48.8 Å². The van der Waals surface area contributed by atoms with E-state index in [0.717, 1.165) is 16.9 Å². The predicted octanol–water partition coefficient (Wildman–Crippen LogP) is 4.63. The van der Waals surface area contributed by atoms with Crippen molar-refractivity contribution in [1.82, 2.24) is 15.0 Å². The third-order valence-electron chi connectivity index (χ3n) is 3.12. The van der Waals surface area contributed by atoms with Crippen molar-refractivity contribution in [3.63, 3.8) is 0 Å². The highest BCUT2D eigenvalue weighted by atomic mass is 35.5. The summed E-state index contributed by atoms with van der Waals surface area (Å²) in [6.45, 7) is 0. The lowest BCUT2D eigenvalue weighted by atomic mass is 10.2. The van der Waals surface area contributed by atoms with Gasteiger partial charge in [0.15, 0.2) is 0 Å². The molecule has 2 heterocycles. The smallest absolute Gasteiger partial charge is 0.224 e. The SMILES string of the molecule is CNc1nc(Nc2ccc(Cl)c(Cl)c2)cc(-c2ccncc2)n1. The number of hydrogen-bond donors (Lipinski definition) is 2. The molecule has 7 heteroatoms. The monoisotopic (exact) mass is 345 g/mol. The molecule has 116 valence electrons. The van der Waals surface area contributed by atoms with Gasteiger partial charge in [0.05, 0.1) is 15.7 Å². The Morgan fingerprint density at radius 3 is 2.39 bits per heavy atom. The normalized spacial score (nSPS) is 10.4. The van der Waals surface area contributed by atoms with E-state index in [4.69, 9.17) is 23.2 Å². The third kappa shape index (κ3) is 3.70. The molecule has 0 unspecified atom stereocenters. The van der Waals surface area contributed by atoms with Crippen LogP contribution in [0.25, 0.3) is 11.3 Å². The van der Waals surface area contributed by atoms with Gasteiger partial charge in [0, 0.05) is 36.8 Å². The molecular weight excluding hydrogens is 333 g/mol. The number of rotatable bonds is 4. The van der Waals surface area contributed by atoms with E-state index < -0.39 is 0 Å². The molecule has 0 saturated heterocycles. The Balaban J connectivity index is 1.97. The molecule has 0 aliphatic carbocycles. The summed E-state index contributed by atoms with van der Waals surface area (Å²) >= 11 is 12.0. The second-order valence-electron chi connectivity index (χ2n) is 4.70. The largest absolute Gasteiger partial charge is 0.357 e. The molecule has 5 nitrogen and oxygen atoms in total. The van der Waals surface area contributed by atoms with Crippen molar-refractivity contribution in [2.75, 3.05) is 17.7 Å². The molecule has 0 fully saturated rings. The molecular formula is C16H13Cl2N5. The van der Waals surface area contributed by atoms with E-state index in [1.54, 1.807) is 31.6 Å². The van der Waals surface area contributed by atoms with Crippen LogP contribution in [-0.2, 0) is 0 Å². The van der Waals surface area contributed by atoms with Gasteiger partial charge in [-0.05, 0) is 30.3 Å². The molecule has 0 amide bonds. The second-order valence-corrected chi connectivity index (χ2v) is 5.52. The maximum absolute atomic E-state index is 6.04. The lowest BCUT2D eigenvalue weighted by Gasteiger charge is -2.10. The van der Waals surface area contributed by atoms with Crippen molar-refractivity contribution >= 4 is 40.7 Å². The van der Waals surface area contributed by atoms with Gasteiger partial charge in [0.1, 0.15) is 5.82 Å². The van der Waals surface area contributed by atoms with Crippen LogP contribution < -0.4 is 10.6 Å². The van der Waals surface area contributed by atoms with Crippen molar-refractivity contribution in [3.8, 4) is 11.3 Å². The van der Waals surface area contributed by atoms with Crippen LogP contribution >= 0.6 is 23.2 Å². The molecule has 23 heavy (non-hydrogen) atoms. The molecule has 0 bridgehead atoms. The van der Waals surface area contributed by atoms with E-state index in [9.17, 15) is 0 Å². The summed E-state index contributed by atoms with van der Waals surface area (Å²) in [7, 11) is 1.77. The van der Waals surface area contributed by atoms with Crippen LogP contribution in [0.2, 0.25) is 10.0 Å². The van der Waals surface area contributed by atoms with Gasteiger partial charge in [0.2, 0.25) is 5.95 Å². The third-order valence-corrected chi connectivity index (χ3v) is 3.86. The Morgan fingerprint density at radius 2 is 1.70 bits per heavy atom. The zero-order valence-electron chi connectivity index (χ0n) is 12.2. The summed E-state index contributed by atoms with van der Waals surface area (Å²) in [4.78, 5) is 12.9. The summed E-state index contributed by atoms with van der Waals surface area (Å²) in [5.74, 6) is 1.16. The standard InChI is InChI=1S/C16H13Cl2N5/c1-19-16-22-14(10-4-6-20-7-5-10)9-15(23-16)21-11-2-3-12(17)13(18)8-11/h2-9H,1H3,(H2,19,21,22,23). The molecule has 0 saturated carbocycles. The fraction of sp³-hybridized carbons (Fsp3) is 0.0625. The van der Waals surface area contributed by atoms with Crippen LogP contribution in [0.1, 0.15) is 0 Å². The van der Waals surface area contributed by atoms with Gasteiger partial charge < -0.3 is 10.6 Å². The molecule has 0 radical (unpaired) electrons. The van der Waals surface area contributed by atoms with Gasteiger partial charge in [-0.25, -0.2) is 4.98 Å². The number of nitrogens with one attached hydrogen (secondary N) is 2. The highest BCUT2D eigenvalue weighted by Gasteiger charge is 2.07. The van der Waals surface area contributed by atoms with Gasteiger partial charge in [-0.2, -0.15) is 4.98 Å². The first-order valence-corrected chi connectivity index (χ1v) is 7.60. The van der Waals surface area contributed by atoms with Crippen LogP contribution in [0.4, 0.5) is 17.5 Å². The van der Waals surface area contributed by atoms with Crippen LogP contribution in [0.5, 0.6) is 0 Å². The summed E-state index contributed by atoms with van der Waals surface area (Å²) in [6.07, 6.45) is 3.45. The Kier molecular flexibility index (Phi) is 4.60. The Morgan fingerprint density at radius 1 is 0.913 bits per heavy atom. The summed E-state index contributed by atoms with van der Waals surface area (Å²) in [5, 5.41) is 7.15. The van der Waals surface area contributed by atoms with Crippen molar-refractivity contribution in [3.05, 3.63) is 58.8 Å². The zero-order chi connectivity index (χ0) is 16.2. The van der Waals surface area contributed by atoms with Crippen molar-refractivity contribution in [2.24, 2.45) is 0 Å². The number of pyridine rings is 1. The number of nitrogens with zero attached hydrogens (tertiary/aromatic N) is 3. The van der Waals surface area contributed by atoms with Gasteiger partial charge in [-0.15, -0.1) is 0 Å². The first-order valence-electron chi connectivity index (χ1n) is 6.85. The molecule has 2 aromatic heterocycles. The number of halogens is 2. The lowest BCUT2D eigenvalue weighted by molar-refractivity contribution is 1.15. The van der Waals surface area contributed by atoms with Crippen LogP contribution in [0.3, 0.4) is 0 Å². The molecule has 3 rings (SSSR count). The molecule has 0 aliphatic rings. The fourth-order valence-corrected chi connectivity index (χ4v) is 2.31. The summed E-state index contributed by atoms with van der Waals surface area (Å²) < 4.78 is 0. The van der Waals surface area contributed by atoms with Crippen molar-refractivity contribution in [1.29, 1.82) is 0 Å². The molecule has 0 spiro atoms. The van der Waals surface area contributed by atoms with E-state index in [1.165, 1.54) is 0 Å². The average Bonchev–Trinajstić information content (AvgIpc) is 2.58. The van der Waals surface area contributed by atoms with Crippen LogP contribution in [0, 0.1) is 0 Å². The number of benzene rings is 1. The quantitative estimate of drug-likeness (QED) is 0.721. The highest BCUT2D eigenvalue weighted by molar-refractivity contribution is 6.42. The minimum Gasteiger partial charge on any atom is -0.357 e.